The van der Waals surface area contributed by atoms with Crippen LogP contribution in [0.3, 0.4) is 0 Å². The van der Waals surface area contributed by atoms with E-state index in [0.717, 1.165) is 58.2 Å². The third-order valence-corrected chi connectivity index (χ3v) is 6.14. The van der Waals surface area contributed by atoms with Crippen LogP contribution in [0.5, 0.6) is 0 Å². The van der Waals surface area contributed by atoms with E-state index < -0.39 is 0 Å². The van der Waals surface area contributed by atoms with Crippen LogP contribution in [0.2, 0.25) is 0 Å². The van der Waals surface area contributed by atoms with E-state index in [4.69, 9.17) is 4.74 Å². The summed E-state index contributed by atoms with van der Waals surface area (Å²) in [6.45, 7) is 5.94. The van der Waals surface area contributed by atoms with E-state index in [1.807, 2.05) is 9.80 Å². The van der Waals surface area contributed by atoms with Crippen LogP contribution in [-0.4, -0.2) is 61.5 Å². The first-order valence-electron chi connectivity index (χ1n) is 9.13. The molecule has 1 atom stereocenters. The van der Waals surface area contributed by atoms with Crippen LogP contribution < -0.4 is 0 Å². The van der Waals surface area contributed by atoms with Gasteiger partial charge in [-0.05, 0) is 44.4 Å². The molecule has 5 nitrogen and oxygen atoms in total. The van der Waals surface area contributed by atoms with Crippen LogP contribution in [0.25, 0.3) is 0 Å². The highest BCUT2D eigenvalue weighted by Crippen LogP contribution is 2.42. The molecule has 2 aliphatic heterocycles. The summed E-state index contributed by atoms with van der Waals surface area (Å²) in [6.07, 6.45) is 5.76. The molecule has 23 heavy (non-hydrogen) atoms. The van der Waals surface area contributed by atoms with Crippen LogP contribution in [0.4, 0.5) is 0 Å². The normalized spacial score (nSPS) is 34.6. The molecule has 1 unspecified atom stereocenters. The SMILES string of the molecule is COCCN1CCC2(CCCN(C(=O)C3CC(C)C3)CC2)C1=O. The lowest BCUT2D eigenvalue weighted by molar-refractivity contribution is -0.141. The average Bonchev–Trinajstić information content (AvgIpc) is 2.70. The highest BCUT2D eigenvalue weighted by molar-refractivity contribution is 5.85. The summed E-state index contributed by atoms with van der Waals surface area (Å²) in [5.74, 6) is 1.58. The maximum atomic E-state index is 12.8. The summed E-state index contributed by atoms with van der Waals surface area (Å²) in [5, 5.41) is 0. The van der Waals surface area contributed by atoms with Crippen LogP contribution in [0.15, 0.2) is 0 Å². The third-order valence-electron chi connectivity index (χ3n) is 6.14. The maximum Gasteiger partial charge on any atom is 0.229 e. The first kappa shape index (κ1) is 16.7. The molecule has 0 aromatic carbocycles. The number of nitrogens with zero attached hydrogens (tertiary/aromatic N) is 2. The number of amides is 2. The van der Waals surface area contributed by atoms with Gasteiger partial charge in [-0.2, -0.15) is 0 Å². The number of carbonyl (C=O) groups is 2. The Hall–Kier alpha value is -1.10. The minimum absolute atomic E-state index is 0.213. The molecule has 1 aliphatic carbocycles. The molecule has 1 spiro atoms. The smallest absolute Gasteiger partial charge is 0.229 e. The molecule has 2 amide bonds. The molecule has 0 aromatic rings. The minimum Gasteiger partial charge on any atom is -0.383 e. The Labute approximate surface area is 139 Å². The van der Waals surface area contributed by atoms with Gasteiger partial charge in [-0.3, -0.25) is 9.59 Å². The number of hydrogen-bond acceptors (Lipinski definition) is 3. The van der Waals surface area contributed by atoms with E-state index >= 15 is 0 Å². The highest BCUT2D eigenvalue weighted by Gasteiger charge is 2.47. The van der Waals surface area contributed by atoms with Gasteiger partial charge in [-0.1, -0.05) is 6.92 Å². The van der Waals surface area contributed by atoms with Crippen molar-refractivity contribution in [2.75, 3.05) is 39.9 Å². The van der Waals surface area contributed by atoms with E-state index in [1.54, 1.807) is 7.11 Å². The Bertz CT molecular complexity index is 461. The number of hydrogen-bond donors (Lipinski definition) is 0. The lowest BCUT2D eigenvalue weighted by Crippen LogP contribution is -2.42. The molecular formula is C18H30N2O3. The molecule has 2 heterocycles. The van der Waals surface area contributed by atoms with Crippen LogP contribution >= 0.6 is 0 Å². The summed E-state index contributed by atoms with van der Waals surface area (Å²) >= 11 is 0. The molecule has 3 rings (SSSR count). The summed E-state index contributed by atoms with van der Waals surface area (Å²) in [6, 6.07) is 0. The van der Waals surface area contributed by atoms with Crippen molar-refractivity contribution in [1.29, 1.82) is 0 Å². The van der Waals surface area contributed by atoms with Crippen molar-refractivity contribution < 1.29 is 14.3 Å². The second-order valence-corrected chi connectivity index (χ2v) is 7.77. The topological polar surface area (TPSA) is 49.9 Å². The molecule has 0 aromatic heterocycles. The van der Waals surface area contributed by atoms with Crippen molar-refractivity contribution in [2.45, 2.75) is 45.4 Å². The first-order valence-corrected chi connectivity index (χ1v) is 9.13. The molecular weight excluding hydrogens is 292 g/mol. The number of methoxy groups -OCH3 is 1. The summed E-state index contributed by atoms with van der Waals surface area (Å²) in [5.41, 5.74) is -0.213. The fourth-order valence-electron chi connectivity index (χ4n) is 4.55. The number of carbonyl (C=O) groups excluding carboxylic acids is 2. The quantitative estimate of drug-likeness (QED) is 0.794. The lowest BCUT2D eigenvalue weighted by Gasteiger charge is -2.35. The minimum atomic E-state index is -0.213. The van der Waals surface area contributed by atoms with Crippen LogP contribution in [-0.2, 0) is 14.3 Å². The Kier molecular flexibility index (Phi) is 4.95. The van der Waals surface area contributed by atoms with E-state index in [2.05, 4.69) is 6.92 Å². The van der Waals surface area contributed by atoms with Gasteiger partial charge in [0.2, 0.25) is 11.8 Å². The van der Waals surface area contributed by atoms with Gasteiger partial charge in [-0.15, -0.1) is 0 Å². The fraction of sp³-hybridized carbons (Fsp3) is 0.889. The number of ether oxygens (including phenoxy) is 1. The van der Waals surface area contributed by atoms with E-state index in [1.165, 1.54) is 0 Å². The predicted molar refractivity (Wildman–Crippen MR) is 87.8 cm³/mol. The van der Waals surface area contributed by atoms with E-state index in [9.17, 15) is 9.59 Å². The molecule has 0 radical (unpaired) electrons. The Balaban J connectivity index is 1.58. The van der Waals surface area contributed by atoms with Crippen molar-refractivity contribution in [2.24, 2.45) is 17.3 Å². The van der Waals surface area contributed by atoms with Gasteiger partial charge < -0.3 is 14.5 Å². The van der Waals surface area contributed by atoms with E-state index in [0.29, 0.717) is 30.9 Å². The van der Waals surface area contributed by atoms with Crippen molar-refractivity contribution in [3.8, 4) is 0 Å². The first-order chi connectivity index (χ1) is 11.1. The lowest BCUT2D eigenvalue weighted by atomic mass is 9.75. The highest BCUT2D eigenvalue weighted by atomic mass is 16.5. The molecule has 130 valence electrons. The van der Waals surface area contributed by atoms with Gasteiger partial charge in [0.25, 0.3) is 0 Å². The number of likely N-dealkylation sites (tertiary alicyclic amines) is 2. The van der Waals surface area contributed by atoms with Gasteiger partial charge in [0.15, 0.2) is 0 Å². The molecule has 0 bridgehead atoms. The van der Waals surface area contributed by atoms with Crippen molar-refractivity contribution in [1.82, 2.24) is 9.80 Å². The van der Waals surface area contributed by atoms with Crippen molar-refractivity contribution in [3.63, 3.8) is 0 Å². The van der Waals surface area contributed by atoms with Crippen molar-refractivity contribution >= 4 is 11.8 Å². The van der Waals surface area contributed by atoms with Gasteiger partial charge in [0, 0.05) is 39.2 Å². The summed E-state index contributed by atoms with van der Waals surface area (Å²) in [4.78, 5) is 29.4. The summed E-state index contributed by atoms with van der Waals surface area (Å²) in [7, 11) is 1.67. The fourth-order valence-corrected chi connectivity index (χ4v) is 4.55. The monoisotopic (exact) mass is 322 g/mol. The molecule has 0 N–H and O–H groups in total. The predicted octanol–water partition coefficient (Wildman–Crippen LogP) is 1.91. The molecule has 3 fully saturated rings. The molecule has 1 saturated carbocycles. The number of rotatable bonds is 4. The Morgan fingerprint density at radius 2 is 1.96 bits per heavy atom. The van der Waals surface area contributed by atoms with Gasteiger partial charge in [0.1, 0.15) is 0 Å². The van der Waals surface area contributed by atoms with E-state index in [-0.39, 0.29) is 11.3 Å². The largest absolute Gasteiger partial charge is 0.383 e. The zero-order chi connectivity index (χ0) is 16.4. The van der Waals surface area contributed by atoms with Gasteiger partial charge >= 0.3 is 0 Å². The third kappa shape index (κ3) is 3.25. The second kappa shape index (κ2) is 6.80. The summed E-state index contributed by atoms with van der Waals surface area (Å²) < 4.78 is 5.11. The van der Waals surface area contributed by atoms with Crippen LogP contribution in [0, 0.1) is 17.3 Å². The Morgan fingerprint density at radius 3 is 2.65 bits per heavy atom. The Morgan fingerprint density at radius 1 is 1.22 bits per heavy atom. The average molecular weight is 322 g/mol. The van der Waals surface area contributed by atoms with Crippen molar-refractivity contribution in [3.05, 3.63) is 0 Å². The van der Waals surface area contributed by atoms with Crippen LogP contribution in [0.1, 0.15) is 45.4 Å². The maximum absolute atomic E-state index is 12.8. The standard InChI is InChI=1S/C18H30N2O3/c1-14-12-15(13-14)16(21)19-7-3-4-18(5-8-19)6-9-20(17(18)22)10-11-23-2/h14-15H,3-13H2,1-2H3. The zero-order valence-corrected chi connectivity index (χ0v) is 14.6. The van der Waals surface area contributed by atoms with Gasteiger partial charge in [0.05, 0.1) is 12.0 Å². The molecule has 5 heteroatoms. The molecule has 3 aliphatic rings. The zero-order valence-electron chi connectivity index (χ0n) is 14.6. The second-order valence-electron chi connectivity index (χ2n) is 7.77. The molecule has 2 saturated heterocycles. The van der Waals surface area contributed by atoms with Gasteiger partial charge in [-0.25, -0.2) is 0 Å².